The molecule has 1 amide bonds. The minimum atomic E-state index is -5.59. The molecule has 0 spiro atoms. The minimum Gasteiger partial charge on any atom is -0.478 e. The molecule has 1 aliphatic carbocycles. The van der Waals surface area contributed by atoms with E-state index >= 15 is 0 Å². The van der Waals surface area contributed by atoms with Crippen LogP contribution in [0.15, 0.2) is 71.6 Å². The fraction of sp³-hybridized carbons (Fsp3) is 0.278. The third kappa shape index (κ3) is 7.85. The van der Waals surface area contributed by atoms with Crippen LogP contribution < -0.4 is 4.90 Å². The molecule has 0 aromatic heterocycles. The van der Waals surface area contributed by atoms with Crippen LogP contribution in [0.1, 0.15) is 72.1 Å². The Morgan fingerprint density at radius 2 is 1.36 bits per heavy atom. The van der Waals surface area contributed by atoms with Gasteiger partial charge in [-0.05, 0) is 82.8 Å². The van der Waals surface area contributed by atoms with Crippen LogP contribution in [-0.4, -0.2) is 36.3 Å². The number of carboxylic acid groups (broad SMARTS) is 1. The van der Waals surface area contributed by atoms with Crippen molar-refractivity contribution in [3.8, 4) is 0 Å². The summed E-state index contributed by atoms with van der Waals surface area (Å²) in [5, 5.41) is 9.69. The lowest BCUT2D eigenvalue weighted by molar-refractivity contribution is -0.119. The Hall–Kier alpha value is -4.33. The number of halogens is 6. The Morgan fingerprint density at radius 3 is 1.88 bits per heavy atom. The Balaban J connectivity index is 1.61. The summed E-state index contributed by atoms with van der Waals surface area (Å²) < 4.78 is 100. The van der Waals surface area contributed by atoms with Crippen molar-refractivity contribution < 1.29 is 45.1 Å². The monoisotopic (exact) mass is 734 g/mol. The van der Waals surface area contributed by atoms with Gasteiger partial charge < -0.3 is 10.0 Å². The Bertz CT molecular complexity index is 2040. The van der Waals surface area contributed by atoms with E-state index in [1.165, 1.54) is 53.4 Å². The lowest BCUT2D eigenvalue weighted by Crippen LogP contribution is -2.43. The molecule has 0 aliphatic heterocycles. The predicted octanol–water partition coefficient (Wildman–Crippen LogP) is 8.33. The van der Waals surface area contributed by atoms with E-state index in [1.807, 2.05) is 32.9 Å². The van der Waals surface area contributed by atoms with Gasteiger partial charge in [-0.15, -0.1) is 0 Å². The summed E-state index contributed by atoms with van der Waals surface area (Å²) in [4.78, 5) is 24.9. The number of aromatic carboxylic acids is 1. The van der Waals surface area contributed by atoms with E-state index in [2.05, 4.69) is 6.07 Å². The van der Waals surface area contributed by atoms with Crippen LogP contribution in [0.5, 0.6) is 0 Å². The predicted molar refractivity (Wildman–Crippen MR) is 177 cm³/mol. The largest absolute Gasteiger partial charge is 0.478 e. The van der Waals surface area contributed by atoms with Gasteiger partial charge in [0.2, 0.25) is 21.7 Å². The average molecular weight is 735 g/mol. The Kier molecular flexibility index (Phi) is 10.4. The normalized spacial score (nSPS) is 13.5. The molecule has 7 nitrogen and oxygen atoms in total. The van der Waals surface area contributed by atoms with Gasteiger partial charge in [-0.1, -0.05) is 62.7 Å². The number of sulfonamides is 1. The van der Waals surface area contributed by atoms with E-state index in [0.29, 0.717) is 15.8 Å². The minimum absolute atomic E-state index is 0.0924. The number of benzene rings is 4. The maximum absolute atomic E-state index is 15.0. The summed E-state index contributed by atoms with van der Waals surface area (Å²) in [5.41, 5.74) is 2.66. The van der Waals surface area contributed by atoms with Crippen LogP contribution in [0.25, 0.3) is 0 Å². The van der Waals surface area contributed by atoms with Crippen LogP contribution in [0, 0.1) is 29.1 Å². The molecule has 0 unspecified atom stereocenters. The molecule has 1 saturated carbocycles. The molecule has 0 saturated heterocycles. The van der Waals surface area contributed by atoms with Gasteiger partial charge >= 0.3 is 5.97 Å². The van der Waals surface area contributed by atoms with Crippen LogP contribution in [0.2, 0.25) is 5.02 Å². The van der Waals surface area contributed by atoms with Gasteiger partial charge in [0.25, 0.3) is 0 Å². The molecule has 1 N–H and O–H groups in total. The van der Waals surface area contributed by atoms with Crippen LogP contribution in [0.3, 0.4) is 0 Å². The Labute approximate surface area is 291 Å². The van der Waals surface area contributed by atoms with E-state index < -0.39 is 69.0 Å². The maximum Gasteiger partial charge on any atom is 0.335 e. The summed E-state index contributed by atoms with van der Waals surface area (Å²) in [6.07, 6.45) is 1.98. The van der Waals surface area contributed by atoms with Crippen molar-refractivity contribution in [3.63, 3.8) is 0 Å². The van der Waals surface area contributed by atoms with E-state index in [9.17, 15) is 45.1 Å². The van der Waals surface area contributed by atoms with E-state index in [0.717, 1.165) is 24.0 Å². The molecule has 1 fully saturated rings. The van der Waals surface area contributed by atoms with Gasteiger partial charge in [-0.3, -0.25) is 4.79 Å². The lowest BCUT2D eigenvalue weighted by atomic mass is 9.84. The van der Waals surface area contributed by atoms with Gasteiger partial charge in [0.05, 0.1) is 18.7 Å². The van der Waals surface area contributed by atoms with Gasteiger partial charge in [0, 0.05) is 17.3 Å². The fourth-order valence-corrected chi connectivity index (χ4v) is 7.00. The van der Waals surface area contributed by atoms with E-state index in [4.69, 9.17) is 11.6 Å². The molecule has 14 heteroatoms. The highest BCUT2D eigenvalue weighted by atomic mass is 35.5. The lowest BCUT2D eigenvalue weighted by Gasteiger charge is -2.29. The molecule has 4 aromatic rings. The number of hydrogen-bond donors (Lipinski definition) is 1. The first-order chi connectivity index (χ1) is 23.4. The zero-order valence-corrected chi connectivity index (χ0v) is 28.7. The highest BCUT2D eigenvalue weighted by Gasteiger charge is 2.39. The number of carbonyl (C=O) groups is 2. The summed E-state index contributed by atoms with van der Waals surface area (Å²) in [7, 11) is -5.59. The van der Waals surface area contributed by atoms with E-state index in [1.54, 1.807) is 0 Å². The molecular formula is C36H32ClF5N2O5S. The third-order valence-corrected chi connectivity index (χ3v) is 10.4. The summed E-state index contributed by atoms with van der Waals surface area (Å²) in [6, 6.07) is 16.6. The second-order valence-electron chi connectivity index (χ2n) is 13.1. The standard InChI is InChI=1S/C36H32ClF5N2O5S/c1-36(2,3)25-15-21(14-24(16-25)22-6-7-22)18-44(27-12-8-23(9-13-27)35(46)47)28(45)19-43(17-20-4-10-26(37)11-5-20)50(48,49)34-32(41)30(39)29(38)31(40)33(34)42/h4-5,8-16,22H,6-7,17-19H2,1-3H3,(H,46,47). The first-order valence-corrected chi connectivity index (χ1v) is 17.2. The highest BCUT2D eigenvalue weighted by Crippen LogP contribution is 2.42. The first kappa shape index (κ1) is 36.9. The topological polar surface area (TPSA) is 95.0 Å². The second kappa shape index (κ2) is 14.1. The second-order valence-corrected chi connectivity index (χ2v) is 15.4. The SMILES string of the molecule is CC(C)(C)c1cc(CN(C(=O)CN(Cc2ccc(Cl)cc2)S(=O)(=O)c2c(F)c(F)c(F)c(F)c2F)c2ccc(C(=O)O)cc2)cc(C2CC2)c1. The number of anilines is 1. The number of carbonyl (C=O) groups excluding carboxylic acids is 1. The van der Waals surface area contributed by atoms with Gasteiger partial charge in [0.1, 0.15) is 0 Å². The van der Waals surface area contributed by atoms with Crippen molar-refractivity contribution >= 4 is 39.2 Å². The summed E-state index contributed by atoms with van der Waals surface area (Å²) >= 11 is 5.95. The van der Waals surface area contributed by atoms with Crippen molar-refractivity contribution in [2.24, 2.45) is 0 Å². The van der Waals surface area contributed by atoms with Gasteiger partial charge in [-0.25, -0.2) is 35.2 Å². The van der Waals surface area contributed by atoms with Crippen molar-refractivity contribution in [2.45, 2.75) is 62.9 Å². The van der Waals surface area contributed by atoms with E-state index in [-0.39, 0.29) is 33.8 Å². The first-order valence-electron chi connectivity index (χ1n) is 15.4. The Morgan fingerprint density at radius 1 is 0.800 bits per heavy atom. The molecule has 0 radical (unpaired) electrons. The molecule has 0 bridgehead atoms. The molecule has 264 valence electrons. The van der Waals surface area contributed by atoms with Crippen LogP contribution in [-0.2, 0) is 33.3 Å². The summed E-state index contributed by atoms with van der Waals surface area (Å²) in [5.74, 6) is -14.5. The smallest absolute Gasteiger partial charge is 0.335 e. The molecule has 0 heterocycles. The zero-order valence-electron chi connectivity index (χ0n) is 27.1. The molecule has 5 rings (SSSR count). The molecule has 4 aromatic carbocycles. The molecular weight excluding hydrogens is 703 g/mol. The van der Waals surface area contributed by atoms with Gasteiger partial charge in [-0.2, -0.15) is 4.31 Å². The van der Waals surface area contributed by atoms with Crippen molar-refractivity contribution in [1.29, 1.82) is 0 Å². The summed E-state index contributed by atoms with van der Waals surface area (Å²) in [6.45, 7) is 4.10. The maximum atomic E-state index is 15.0. The van der Waals surface area contributed by atoms with Gasteiger partial charge in [0.15, 0.2) is 28.2 Å². The van der Waals surface area contributed by atoms with Crippen LogP contribution in [0.4, 0.5) is 27.6 Å². The van der Waals surface area contributed by atoms with Crippen molar-refractivity contribution in [2.75, 3.05) is 11.4 Å². The fourth-order valence-electron chi connectivity index (χ4n) is 5.38. The molecule has 1 aliphatic rings. The quantitative estimate of drug-likeness (QED) is 0.0950. The molecule has 0 atom stereocenters. The highest BCUT2D eigenvalue weighted by molar-refractivity contribution is 7.89. The number of hydrogen-bond acceptors (Lipinski definition) is 4. The number of rotatable bonds is 11. The van der Waals surface area contributed by atoms with Crippen molar-refractivity contribution in [1.82, 2.24) is 4.31 Å². The zero-order chi connectivity index (χ0) is 36.7. The number of carboxylic acids is 1. The average Bonchev–Trinajstić information content (AvgIpc) is 3.91. The van der Waals surface area contributed by atoms with Crippen LogP contribution >= 0.6 is 11.6 Å². The number of amides is 1. The number of nitrogens with zero attached hydrogens (tertiary/aromatic N) is 2. The van der Waals surface area contributed by atoms with Crippen molar-refractivity contribution in [3.05, 3.63) is 129 Å². The third-order valence-electron chi connectivity index (χ3n) is 8.35. The molecule has 50 heavy (non-hydrogen) atoms.